The van der Waals surface area contributed by atoms with Crippen LogP contribution in [-0.2, 0) is 20.7 Å². The Bertz CT molecular complexity index is 912. The Hall–Kier alpha value is -2.07. The van der Waals surface area contributed by atoms with Crippen molar-refractivity contribution < 1.29 is 28.9 Å². The number of aliphatic hydroxyl groups is 1. The highest BCUT2D eigenvalue weighted by molar-refractivity contribution is 5.85. The van der Waals surface area contributed by atoms with Gasteiger partial charge in [-0.25, -0.2) is 0 Å². The second kappa shape index (κ2) is 19.2. The predicted molar refractivity (Wildman–Crippen MR) is 167 cm³/mol. The number of nitrogens with one attached hydrogen (secondary N) is 2. The van der Waals surface area contributed by atoms with Gasteiger partial charge in [0, 0.05) is 45.6 Å². The van der Waals surface area contributed by atoms with Gasteiger partial charge in [0.05, 0.1) is 25.4 Å². The number of halogens is 1. The number of rotatable bonds is 19. The molecule has 0 unspecified atom stereocenters. The van der Waals surface area contributed by atoms with Gasteiger partial charge in [0.2, 0.25) is 11.8 Å². The van der Waals surface area contributed by atoms with E-state index in [-0.39, 0.29) is 42.5 Å². The molecule has 10 heteroatoms. The highest BCUT2D eigenvalue weighted by atomic mass is 35.5. The molecule has 5 N–H and O–H groups in total. The maximum Gasteiger partial charge on any atom is 0.223 e. The molecule has 0 bridgehead atoms. The predicted octanol–water partition coefficient (Wildman–Crippen LogP) is 4.12. The molecule has 2 amide bonds. The second-order valence-corrected chi connectivity index (χ2v) is 12.2. The van der Waals surface area contributed by atoms with Gasteiger partial charge in [0.25, 0.3) is 0 Å². The Kier molecular flexibility index (Phi) is 18.2. The van der Waals surface area contributed by atoms with Crippen LogP contribution < -0.4 is 25.8 Å². The molecule has 0 spiro atoms. The fraction of sp³-hybridized carbons (Fsp3) is 0.742. The molecule has 0 aliphatic carbocycles. The van der Waals surface area contributed by atoms with Crippen LogP contribution in [0.4, 0.5) is 0 Å². The molecule has 41 heavy (non-hydrogen) atoms. The van der Waals surface area contributed by atoms with Crippen LogP contribution >= 0.6 is 12.4 Å². The van der Waals surface area contributed by atoms with Crippen molar-refractivity contribution in [3.63, 3.8) is 0 Å². The van der Waals surface area contributed by atoms with Crippen molar-refractivity contribution in [3.05, 3.63) is 23.8 Å². The molecule has 1 aromatic rings. The van der Waals surface area contributed by atoms with Gasteiger partial charge in [-0.05, 0) is 68.6 Å². The SMILES string of the molecule is COCCCOc1cc(C[C@@H](C[C@H](N)[C@@H](O)C[C@H](C(=O)NCC(C)(C)NC(C)=O)C(C)C)C(C)C)ccc1OC.Cl. The molecule has 1 aromatic carbocycles. The molecular weight excluding hydrogens is 546 g/mol. The van der Waals surface area contributed by atoms with E-state index < -0.39 is 23.6 Å². The number of hydrogen-bond acceptors (Lipinski definition) is 7. The molecular formula is C31H56ClN3O6. The zero-order valence-corrected chi connectivity index (χ0v) is 27.4. The number of methoxy groups -OCH3 is 2. The van der Waals surface area contributed by atoms with E-state index in [2.05, 4.69) is 24.5 Å². The number of carbonyl (C=O) groups excluding carboxylic acids is 2. The third kappa shape index (κ3) is 14.6. The average molecular weight is 602 g/mol. The van der Waals surface area contributed by atoms with Gasteiger partial charge in [-0.15, -0.1) is 12.4 Å². The Balaban J connectivity index is 0.0000160. The lowest BCUT2D eigenvalue weighted by molar-refractivity contribution is -0.128. The molecule has 0 aliphatic heterocycles. The van der Waals surface area contributed by atoms with Gasteiger partial charge in [0.1, 0.15) is 0 Å². The lowest BCUT2D eigenvalue weighted by Crippen LogP contribution is -2.52. The minimum atomic E-state index is -0.821. The maximum absolute atomic E-state index is 13.0. The Labute approximate surface area is 254 Å². The number of nitrogens with two attached hydrogens (primary N) is 1. The number of benzene rings is 1. The summed E-state index contributed by atoms with van der Waals surface area (Å²) < 4.78 is 16.5. The highest BCUT2D eigenvalue weighted by Gasteiger charge is 2.31. The molecule has 0 radical (unpaired) electrons. The van der Waals surface area contributed by atoms with Crippen LogP contribution in [0.3, 0.4) is 0 Å². The summed E-state index contributed by atoms with van der Waals surface area (Å²) >= 11 is 0. The van der Waals surface area contributed by atoms with Crippen molar-refractivity contribution in [3.8, 4) is 11.5 Å². The molecule has 0 fully saturated rings. The lowest BCUT2D eigenvalue weighted by Gasteiger charge is -2.31. The first-order valence-corrected chi connectivity index (χ1v) is 14.5. The zero-order chi connectivity index (χ0) is 30.5. The summed E-state index contributed by atoms with van der Waals surface area (Å²) in [4.78, 5) is 24.5. The van der Waals surface area contributed by atoms with Crippen LogP contribution in [0.5, 0.6) is 11.5 Å². The summed E-state index contributed by atoms with van der Waals surface area (Å²) in [7, 11) is 3.30. The van der Waals surface area contributed by atoms with Gasteiger partial charge in [0.15, 0.2) is 11.5 Å². The number of hydrogen-bond donors (Lipinski definition) is 4. The molecule has 0 aromatic heterocycles. The summed E-state index contributed by atoms with van der Waals surface area (Å²) in [5, 5.41) is 16.9. The first-order valence-electron chi connectivity index (χ1n) is 14.5. The lowest BCUT2D eigenvalue weighted by atomic mass is 9.80. The van der Waals surface area contributed by atoms with E-state index in [0.717, 1.165) is 18.4 Å². The van der Waals surface area contributed by atoms with E-state index in [1.54, 1.807) is 14.2 Å². The molecule has 0 saturated heterocycles. The number of amides is 2. The third-order valence-electron chi connectivity index (χ3n) is 7.34. The van der Waals surface area contributed by atoms with Gasteiger partial charge in [-0.2, -0.15) is 0 Å². The smallest absolute Gasteiger partial charge is 0.223 e. The molecule has 1 rings (SSSR count). The molecule has 4 atom stereocenters. The summed E-state index contributed by atoms with van der Waals surface area (Å²) in [6, 6.07) is 5.51. The first kappa shape index (κ1) is 38.9. The minimum Gasteiger partial charge on any atom is -0.493 e. The Morgan fingerprint density at radius 1 is 1.02 bits per heavy atom. The molecule has 0 saturated carbocycles. The number of aliphatic hydroxyl groups excluding tert-OH is 1. The average Bonchev–Trinajstić information content (AvgIpc) is 2.86. The van der Waals surface area contributed by atoms with Crippen LogP contribution in [0.1, 0.15) is 73.3 Å². The second-order valence-electron chi connectivity index (χ2n) is 12.2. The monoisotopic (exact) mass is 601 g/mol. The molecule has 0 heterocycles. The van der Waals surface area contributed by atoms with E-state index >= 15 is 0 Å². The van der Waals surface area contributed by atoms with Crippen LogP contribution in [0, 0.1) is 23.7 Å². The fourth-order valence-electron chi connectivity index (χ4n) is 4.82. The minimum absolute atomic E-state index is 0. The topological polar surface area (TPSA) is 132 Å². The van der Waals surface area contributed by atoms with Crippen molar-refractivity contribution in [1.29, 1.82) is 0 Å². The van der Waals surface area contributed by atoms with Crippen molar-refractivity contribution >= 4 is 24.2 Å². The first-order chi connectivity index (χ1) is 18.7. The van der Waals surface area contributed by atoms with Crippen LogP contribution in [0.2, 0.25) is 0 Å². The molecule has 9 nitrogen and oxygen atoms in total. The standard InChI is InChI=1S/C31H55N3O6.ClH/c1-20(2)24(15-23-11-12-28(39-9)29(16-23)40-14-10-13-38-8)17-26(32)27(36)18-25(21(3)4)30(37)33-19-31(6,7)34-22(5)35;/h11-12,16,20-21,24-27,36H,10,13-15,17-19,32H2,1-9H3,(H,33,37)(H,34,35);1H/t24-,25-,26-,27-;/m0./s1. The van der Waals surface area contributed by atoms with Gasteiger partial charge in [-0.1, -0.05) is 33.8 Å². The maximum atomic E-state index is 13.0. The molecule has 238 valence electrons. The normalized spacial score (nSPS) is 14.6. The van der Waals surface area contributed by atoms with E-state index in [0.29, 0.717) is 43.6 Å². The van der Waals surface area contributed by atoms with E-state index in [1.165, 1.54) is 6.92 Å². The summed E-state index contributed by atoms with van der Waals surface area (Å²) in [6.45, 7) is 14.9. The number of carbonyl (C=O) groups is 2. The number of ether oxygens (including phenoxy) is 3. The van der Waals surface area contributed by atoms with Gasteiger partial charge < -0.3 is 35.7 Å². The highest BCUT2D eigenvalue weighted by Crippen LogP contribution is 2.31. The fourth-order valence-corrected chi connectivity index (χ4v) is 4.82. The van der Waals surface area contributed by atoms with Crippen LogP contribution in [0.15, 0.2) is 18.2 Å². The van der Waals surface area contributed by atoms with Crippen molar-refractivity contribution in [2.24, 2.45) is 29.4 Å². The summed E-state index contributed by atoms with van der Waals surface area (Å²) in [6.07, 6.45) is 1.64. The van der Waals surface area contributed by atoms with Crippen molar-refractivity contribution in [2.75, 3.05) is 34.0 Å². The van der Waals surface area contributed by atoms with Gasteiger partial charge in [-0.3, -0.25) is 9.59 Å². The third-order valence-corrected chi connectivity index (χ3v) is 7.34. The van der Waals surface area contributed by atoms with E-state index in [4.69, 9.17) is 19.9 Å². The largest absolute Gasteiger partial charge is 0.493 e. The summed E-state index contributed by atoms with van der Waals surface area (Å²) in [5.41, 5.74) is 7.08. The Morgan fingerprint density at radius 3 is 2.22 bits per heavy atom. The van der Waals surface area contributed by atoms with E-state index in [1.807, 2.05) is 45.9 Å². The van der Waals surface area contributed by atoms with Crippen molar-refractivity contribution in [1.82, 2.24) is 10.6 Å². The quantitative estimate of drug-likeness (QED) is 0.175. The van der Waals surface area contributed by atoms with Crippen LogP contribution in [-0.4, -0.2) is 68.6 Å². The van der Waals surface area contributed by atoms with E-state index in [9.17, 15) is 14.7 Å². The van der Waals surface area contributed by atoms with Gasteiger partial charge >= 0.3 is 0 Å². The molecule has 0 aliphatic rings. The summed E-state index contributed by atoms with van der Waals surface area (Å²) in [5.74, 6) is 1.29. The van der Waals surface area contributed by atoms with Crippen molar-refractivity contribution in [2.45, 2.75) is 91.8 Å². The van der Waals surface area contributed by atoms with Crippen LogP contribution in [0.25, 0.3) is 0 Å². The Morgan fingerprint density at radius 2 is 1.68 bits per heavy atom. The zero-order valence-electron chi connectivity index (χ0n) is 26.6.